The second-order valence-electron chi connectivity index (χ2n) is 4.53. The second kappa shape index (κ2) is 4.31. The van der Waals surface area contributed by atoms with E-state index < -0.39 is 11.2 Å². The highest BCUT2D eigenvalue weighted by Gasteiger charge is 2.36. The maximum absolute atomic E-state index is 12.4. The molecule has 0 saturated heterocycles. The summed E-state index contributed by atoms with van der Waals surface area (Å²) in [6, 6.07) is -0.346. The Balaban J connectivity index is 3.01. The van der Waals surface area contributed by atoms with E-state index in [9.17, 15) is 13.2 Å². The van der Waals surface area contributed by atoms with Gasteiger partial charge in [0, 0.05) is 11.1 Å². The Kier molecular flexibility index (Phi) is 3.61. The molecule has 92 valence electrons. The van der Waals surface area contributed by atoms with Crippen LogP contribution in [0.5, 0.6) is 0 Å². The molecular weight excluding hydrogens is 239 g/mol. The first-order chi connectivity index (χ1) is 7.16. The fraction of sp³-hybridized carbons (Fsp3) is 0.667. The smallest absolute Gasteiger partial charge is 0.271 e. The normalized spacial score (nSPS) is 15.2. The molecule has 1 heterocycles. The molecule has 1 atom stereocenters. The average Bonchev–Trinajstić information content (AvgIpc) is 2.50. The molecule has 0 aromatic carbocycles. The van der Waals surface area contributed by atoms with Crippen molar-refractivity contribution >= 4 is 11.3 Å². The van der Waals surface area contributed by atoms with Gasteiger partial charge in [-0.05, 0) is 5.41 Å². The van der Waals surface area contributed by atoms with Crippen molar-refractivity contribution in [3.63, 3.8) is 0 Å². The SMILES string of the molecule is CC(C)(C)C(NN)c1cnc(C(F)(F)F)s1. The summed E-state index contributed by atoms with van der Waals surface area (Å²) in [5.74, 6) is 5.36. The minimum atomic E-state index is -4.39. The number of nitrogens with two attached hydrogens (primary N) is 1. The summed E-state index contributed by atoms with van der Waals surface area (Å²) in [4.78, 5) is 3.86. The van der Waals surface area contributed by atoms with E-state index >= 15 is 0 Å². The number of nitrogens with one attached hydrogen (secondary N) is 1. The minimum absolute atomic E-state index is 0.274. The molecular formula is C9H14F3N3S. The predicted octanol–water partition coefficient (Wildman–Crippen LogP) is 2.71. The highest BCUT2D eigenvalue weighted by atomic mass is 32.1. The van der Waals surface area contributed by atoms with E-state index in [2.05, 4.69) is 10.4 Å². The number of hydrogen-bond acceptors (Lipinski definition) is 4. The molecule has 1 aromatic rings. The van der Waals surface area contributed by atoms with Crippen molar-refractivity contribution in [3.8, 4) is 0 Å². The lowest BCUT2D eigenvalue weighted by molar-refractivity contribution is -0.137. The van der Waals surface area contributed by atoms with Crippen LogP contribution in [0.3, 0.4) is 0 Å². The highest BCUT2D eigenvalue weighted by Crippen LogP contribution is 2.39. The van der Waals surface area contributed by atoms with Gasteiger partial charge in [0.05, 0.1) is 6.04 Å². The largest absolute Gasteiger partial charge is 0.443 e. The van der Waals surface area contributed by atoms with Gasteiger partial charge >= 0.3 is 6.18 Å². The molecule has 1 aromatic heterocycles. The van der Waals surface area contributed by atoms with Crippen molar-refractivity contribution in [3.05, 3.63) is 16.1 Å². The van der Waals surface area contributed by atoms with Crippen molar-refractivity contribution < 1.29 is 13.2 Å². The van der Waals surface area contributed by atoms with Crippen molar-refractivity contribution in [1.29, 1.82) is 0 Å². The summed E-state index contributed by atoms with van der Waals surface area (Å²) in [5.41, 5.74) is 2.25. The molecule has 3 nitrogen and oxygen atoms in total. The first-order valence-corrected chi connectivity index (χ1v) is 5.47. The number of rotatable bonds is 2. The van der Waals surface area contributed by atoms with Crippen LogP contribution in [0.25, 0.3) is 0 Å². The maximum atomic E-state index is 12.4. The molecule has 16 heavy (non-hydrogen) atoms. The molecule has 1 unspecified atom stereocenters. The van der Waals surface area contributed by atoms with Crippen LogP contribution in [0.4, 0.5) is 13.2 Å². The number of thiazole rings is 1. The number of halogens is 3. The van der Waals surface area contributed by atoms with Gasteiger partial charge in [-0.25, -0.2) is 4.98 Å². The monoisotopic (exact) mass is 253 g/mol. The standard InChI is InChI=1S/C9H14F3N3S/c1-8(2,3)6(15-13)5-4-14-7(16-5)9(10,11)12/h4,6,15H,13H2,1-3H3. The zero-order chi connectivity index (χ0) is 12.6. The third kappa shape index (κ3) is 2.93. The number of hydrazine groups is 1. The molecule has 0 radical (unpaired) electrons. The lowest BCUT2D eigenvalue weighted by atomic mass is 9.86. The third-order valence-corrected chi connectivity index (χ3v) is 3.19. The average molecular weight is 253 g/mol. The fourth-order valence-electron chi connectivity index (χ4n) is 1.31. The van der Waals surface area contributed by atoms with Gasteiger partial charge < -0.3 is 0 Å². The van der Waals surface area contributed by atoms with Crippen LogP contribution in [0, 0.1) is 5.41 Å². The van der Waals surface area contributed by atoms with Gasteiger partial charge in [0.1, 0.15) is 0 Å². The van der Waals surface area contributed by atoms with Crippen LogP contribution in [0.1, 0.15) is 36.7 Å². The molecule has 0 aliphatic carbocycles. The fourth-order valence-corrected chi connectivity index (χ4v) is 2.40. The number of nitrogens with zero attached hydrogens (tertiary/aromatic N) is 1. The van der Waals surface area contributed by atoms with Gasteiger partial charge in [-0.1, -0.05) is 20.8 Å². The van der Waals surface area contributed by atoms with Crippen LogP contribution in [-0.4, -0.2) is 4.98 Å². The highest BCUT2D eigenvalue weighted by molar-refractivity contribution is 7.11. The molecule has 1 rings (SSSR count). The van der Waals surface area contributed by atoms with Gasteiger partial charge in [0.2, 0.25) is 0 Å². The zero-order valence-electron chi connectivity index (χ0n) is 9.22. The lowest BCUT2D eigenvalue weighted by Gasteiger charge is -2.28. The van der Waals surface area contributed by atoms with E-state index in [1.807, 2.05) is 20.8 Å². The maximum Gasteiger partial charge on any atom is 0.443 e. The summed E-state index contributed by atoms with van der Waals surface area (Å²) in [6.45, 7) is 5.68. The first-order valence-electron chi connectivity index (χ1n) is 4.65. The van der Waals surface area contributed by atoms with Gasteiger partial charge in [0.15, 0.2) is 5.01 Å². The third-order valence-electron chi connectivity index (χ3n) is 2.08. The lowest BCUT2D eigenvalue weighted by Crippen LogP contribution is -2.36. The Morgan fingerprint density at radius 3 is 2.25 bits per heavy atom. The molecule has 0 amide bonds. The molecule has 0 aliphatic heterocycles. The van der Waals surface area contributed by atoms with E-state index in [-0.39, 0.29) is 11.5 Å². The summed E-state index contributed by atoms with van der Waals surface area (Å²) in [6.07, 6.45) is -3.16. The van der Waals surface area contributed by atoms with E-state index in [1.54, 1.807) is 0 Å². The Bertz CT molecular complexity index is 354. The first kappa shape index (κ1) is 13.4. The summed E-state index contributed by atoms with van der Waals surface area (Å²) < 4.78 is 37.1. The number of hydrogen-bond donors (Lipinski definition) is 2. The van der Waals surface area contributed by atoms with Crippen LogP contribution in [0.2, 0.25) is 0 Å². The van der Waals surface area contributed by atoms with Crippen molar-refractivity contribution in [2.24, 2.45) is 11.3 Å². The second-order valence-corrected chi connectivity index (χ2v) is 5.59. The van der Waals surface area contributed by atoms with Gasteiger partial charge in [-0.2, -0.15) is 13.2 Å². The molecule has 3 N–H and O–H groups in total. The van der Waals surface area contributed by atoms with Gasteiger partial charge in [-0.15, -0.1) is 11.3 Å². The number of aromatic nitrogens is 1. The van der Waals surface area contributed by atoms with Crippen molar-refractivity contribution in [2.45, 2.75) is 33.0 Å². The van der Waals surface area contributed by atoms with Crippen LogP contribution < -0.4 is 11.3 Å². The van der Waals surface area contributed by atoms with Crippen LogP contribution >= 0.6 is 11.3 Å². The summed E-state index contributed by atoms with van der Waals surface area (Å²) in [5, 5.41) is -0.841. The van der Waals surface area contributed by atoms with Gasteiger partial charge in [0.25, 0.3) is 0 Å². The Morgan fingerprint density at radius 2 is 1.94 bits per heavy atom. The molecule has 0 spiro atoms. The molecule has 0 bridgehead atoms. The molecule has 7 heteroatoms. The number of alkyl halides is 3. The molecule has 0 fully saturated rings. The van der Waals surface area contributed by atoms with Crippen molar-refractivity contribution in [1.82, 2.24) is 10.4 Å². The molecule has 0 aliphatic rings. The van der Waals surface area contributed by atoms with Crippen molar-refractivity contribution in [2.75, 3.05) is 0 Å². The molecule has 0 saturated carbocycles. The quantitative estimate of drug-likeness (QED) is 0.629. The van der Waals surface area contributed by atoms with E-state index in [0.717, 1.165) is 0 Å². The topological polar surface area (TPSA) is 50.9 Å². The Morgan fingerprint density at radius 1 is 1.38 bits per heavy atom. The predicted molar refractivity (Wildman–Crippen MR) is 56.6 cm³/mol. The Labute approximate surface area is 95.8 Å². The minimum Gasteiger partial charge on any atom is -0.271 e. The zero-order valence-corrected chi connectivity index (χ0v) is 10.0. The summed E-state index contributed by atoms with van der Waals surface area (Å²) >= 11 is 0.621. The Hall–Kier alpha value is -0.660. The van der Waals surface area contributed by atoms with E-state index in [1.165, 1.54) is 6.20 Å². The van der Waals surface area contributed by atoms with E-state index in [4.69, 9.17) is 5.84 Å². The van der Waals surface area contributed by atoms with Gasteiger partial charge in [-0.3, -0.25) is 11.3 Å². The summed E-state index contributed by atoms with van der Waals surface area (Å²) in [7, 11) is 0. The van der Waals surface area contributed by atoms with E-state index in [0.29, 0.717) is 16.2 Å². The van der Waals surface area contributed by atoms with Crippen LogP contribution in [0.15, 0.2) is 6.20 Å². The van der Waals surface area contributed by atoms with Crippen LogP contribution in [-0.2, 0) is 6.18 Å².